The Labute approximate surface area is 205 Å². The number of fused-ring (bicyclic) bond motifs is 3. The van der Waals surface area contributed by atoms with Crippen LogP contribution in [0, 0.1) is 5.92 Å². The van der Waals surface area contributed by atoms with Crippen molar-refractivity contribution in [2.75, 3.05) is 26.4 Å². The first kappa shape index (κ1) is 24.7. The molecular weight excluding hydrogens is 448 g/mol. The van der Waals surface area contributed by atoms with Crippen LogP contribution in [0.4, 0.5) is 4.79 Å². The standard InChI is InChI=1S/C27H32N2O6/c30-25(29-24-12-14-34-16-18(24)15-26(31)32)11-5-6-13-28-27(33)35-17-23-21-9-3-1-7-19(21)20-8-2-4-10-22(20)23/h1-4,7-10,18,23-24H,5-6,11-17H2,(H,28,33)(H,29,30)(H,31,32). The average Bonchev–Trinajstić information content (AvgIpc) is 3.17. The molecule has 2 amide bonds. The molecule has 8 nitrogen and oxygen atoms in total. The van der Waals surface area contributed by atoms with E-state index in [1.807, 2.05) is 24.3 Å². The van der Waals surface area contributed by atoms with Crippen molar-refractivity contribution in [3.8, 4) is 11.1 Å². The maximum absolute atomic E-state index is 12.3. The molecular formula is C27H32N2O6. The minimum atomic E-state index is -0.890. The Kier molecular flexibility index (Phi) is 8.36. The topological polar surface area (TPSA) is 114 Å². The highest BCUT2D eigenvalue weighted by atomic mass is 16.5. The van der Waals surface area contributed by atoms with Crippen molar-refractivity contribution in [3.05, 3.63) is 59.7 Å². The molecule has 0 aromatic heterocycles. The number of nitrogens with one attached hydrogen (secondary N) is 2. The summed E-state index contributed by atoms with van der Waals surface area (Å²) in [4.78, 5) is 35.5. The van der Waals surface area contributed by atoms with E-state index >= 15 is 0 Å². The van der Waals surface area contributed by atoms with Crippen LogP contribution in [0.5, 0.6) is 0 Å². The van der Waals surface area contributed by atoms with Gasteiger partial charge >= 0.3 is 12.1 Å². The number of ether oxygens (including phenoxy) is 2. The average molecular weight is 481 g/mol. The van der Waals surface area contributed by atoms with E-state index in [1.54, 1.807) is 0 Å². The molecule has 1 heterocycles. The number of aliphatic carboxylic acids is 1. The van der Waals surface area contributed by atoms with Crippen LogP contribution in [0.25, 0.3) is 11.1 Å². The smallest absolute Gasteiger partial charge is 0.407 e. The molecule has 3 N–H and O–H groups in total. The van der Waals surface area contributed by atoms with Gasteiger partial charge in [-0.25, -0.2) is 4.79 Å². The molecule has 1 fully saturated rings. The molecule has 186 valence electrons. The highest BCUT2D eigenvalue weighted by Gasteiger charge is 2.30. The minimum absolute atomic E-state index is 0.0188. The van der Waals surface area contributed by atoms with E-state index in [9.17, 15) is 14.4 Å². The van der Waals surface area contributed by atoms with Gasteiger partial charge in [0.2, 0.25) is 5.91 Å². The molecule has 0 spiro atoms. The molecule has 2 aromatic carbocycles. The first-order chi connectivity index (χ1) is 17.0. The summed E-state index contributed by atoms with van der Waals surface area (Å²) in [5.41, 5.74) is 4.71. The van der Waals surface area contributed by atoms with Crippen molar-refractivity contribution in [1.82, 2.24) is 10.6 Å². The van der Waals surface area contributed by atoms with Gasteiger partial charge in [0.15, 0.2) is 0 Å². The second-order valence-electron chi connectivity index (χ2n) is 9.10. The number of carbonyl (C=O) groups is 3. The summed E-state index contributed by atoms with van der Waals surface area (Å²) in [7, 11) is 0. The highest BCUT2D eigenvalue weighted by Crippen LogP contribution is 2.44. The van der Waals surface area contributed by atoms with E-state index in [0.29, 0.717) is 45.4 Å². The van der Waals surface area contributed by atoms with Gasteiger partial charge in [-0.3, -0.25) is 9.59 Å². The van der Waals surface area contributed by atoms with E-state index in [0.717, 1.165) is 0 Å². The van der Waals surface area contributed by atoms with Gasteiger partial charge in [-0.1, -0.05) is 48.5 Å². The number of alkyl carbamates (subject to hydrolysis) is 1. The van der Waals surface area contributed by atoms with Crippen LogP contribution in [0.3, 0.4) is 0 Å². The first-order valence-corrected chi connectivity index (χ1v) is 12.2. The van der Waals surface area contributed by atoms with E-state index in [4.69, 9.17) is 14.6 Å². The largest absolute Gasteiger partial charge is 0.481 e. The monoisotopic (exact) mass is 480 g/mol. The molecule has 1 saturated heterocycles. The number of amides is 2. The Morgan fingerprint density at radius 1 is 1.00 bits per heavy atom. The second-order valence-corrected chi connectivity index (χ2v) is 9.10. The number of hydrogen-bond acceptors (Lipinski definition) is 5. The molecule has 8 heteroatoms. The summed E-state index contributed by atoms with van der Waals surface area (Å²) < 4.78 is 10.9. The minimum Gasteiger partial charge on any atom is -0.481 e. The number of carboxylic acid groups (broad SMARTS) is 1. The first-order valence-electron chi connectivity index (χ1n) is 12.2. The summed E-state index contributed by atoms with van der Waals surface area (Å²) in [6.07, 6.45) is 1.72. The fraction of sp³-hybridized carbons (Fsp3) is 0.444. The lowest BCUT2D eigenvalue weighted by Crippen LogP contribution is -2.46. The third-order valence-corrected chi connectivity index (χ3v) is 6.70. The number of hydrogen-bond donors (Lipinski definition) is 3. The SMILES string of the molecule is O=C(O)CC1COCCC1NC(=O)CCCCNC(=O)OCC1c2ccccc2-c2ccccc21. The fourth-order valence-electron chi connectivity index (χ4n) is 4.94. The predicted molar refractivity (Wildman–Crippen MR) is 130 cm³/mol. The summed E-state index contributed by atoms with van der Waals surface area (Å²) in [5, 5.41) is 14.7. The van der Waals surface area contributed by atoms with Crippen LogP contribution in [0.2, 0.25) is 0 Å². The van der Waals surface area contributed by atoms with Crippen LogP contribution >= 0.6 is 0 Å². The zero-order valence-corrected chi connectivity index (χ0v) is 19.7. The van der Waals surface area contributed by atoms with Crippen LogP contribution in [-0.2, 0) is 19.1 Å². The van der Waals surface area contributed by atoms with Crippen molar-refractivity contribution in [1.29, 1.82) is 0 Å². The van der Waals surface area contributed by atoms with Gasteiger partial charge < -0.3 is 25.2 Å². The molecule has 0 bridgehead atoms. The molecule has 2 aliphatic rings. The quantitative estimate of drug-likeness (QED) is 0.447. The maximum Gasteiger partial charge on any atom is 0.407 e. The molecule has 4 rings (SSSR count). The molecule has 1 aliphatic heterocycles. The van der Waals surface area contributed by atoms with Crippen molar-refractivity contribution in [2.45, 2.75) is 44.1 Å². The van der Waals surface area contributed by atoms with Gasteiger partial charge in [0.1, 0.15) is 6.61 Å². The Morgan fingerprint density at radius 2 is 1.69 bits per heavy atom. The van der Waals surface area contributed by atoms with Crippen LogP contribution in [-0.4, -0.2) is 55.5 Å². The zero-order valence-electron chi connectivity index (χ0n) is 19.7. The van der Waals surface area contributed by atoms with Gasteiger partial charge in [-0.05, 0) is 41.5 Å². The van der Waals surface area contributed by atoms with Crippen LogP contribution in [0.1, 0.15) is 49.1 Å². The Hall–Kier alpha value is -3.39. The van der Waals surface area contributed by atoms with Crippen LogP contribution in [0.15, 0.2) is 48.5 Å². The number of carbonyl (C=O) groups excluding carboxylic acids is 2. The van der Waals surface area contributed by atoms with Crippen molar-refractivity contribution < 1.29 is 29.0 Å². The third kappa shape index (κ3) is 6.39. The summed E-state index contributed by atoms with van der Waals surface area (Å²) >= 11 is 0. The lowest BCUT2D eigenvalue weighted by atomic mass is 9.92. The molecule has 1 aliphatic carbocycles. The van der Waals surface area contributed by atoms with E-state index in [-0.39, 0.29) is 36.8 Å². The molecule has 2 atom stereocenters. The van der Waals surface area contributed by atoms with Crippen molar-refractivity contribution in [2.24, 2.45) is 5.92 Å². The summed E-state index contributed by atoms with van der Waals surface area (Å²) in [5.74, 6) is -1.18. The summed E-state index contributed by atoms with van der Waals surface area (Å²) in [6, 6.07) is 16.2. The normalized spacial score (nSPS) is 18.9. The second kappa shape index (κ2) is 11.8. The predicted octanol–water partition coefficient (Wildman–Crippen LogP) is 3.69. The van der Waals surface area contributed by atoms with Gasteiger partial charge in [0, 0.05) is 37.5 Å². The van der Waals surface area contributed by atoms with Gasteiger partial charge in [-0.15, -0.1) is 0 Å². The number of benzene rings is 2. The Bertz CT molecular complexity index is 1010. The highest BCUT2D eigenvalue weighted by molar-refractivity contribution is 5.79. The Morgan fingerprint density at radius 3 is 2.37 bits per heavy atom. The van der Waals surface area contributed by atoms with Crippen molar-refractivity contribution in [3.63, 3.8) is 0 Å². The third-order valence-electron chi connectivity index (χ3n) is 6.70. The number of rotatable bonds is 10. The van der Waals surface area contributed by atoms with Crippen molar-refractivity contribution >= 4 is 18.0 Å². The number of unbranched alkanes of at least 4 members (excludes halogenated alkanes) is 1. The number of carboxylic acids is 1. The molecule has 2 aromatic rings. The zero-order chi connectivity index (χ0) is 24.6. The van der Waals surface area contributed by atoms with Gasteiger partial charge in [-0.2, -0.15) is 0 Å². The molecule has 0 saturated carbocycles. The maximum atomic E-state index is 12.3. The van der Waals surface area contributed by atoms with Gasteiger partial charge in [0.05, 0.1) is 13.0 Å². The Balaban J connectivity index is 1.14. The molecule has 0 radical (unpaired) electrons. The van der Waals surface area contributed by atoms with E-state index < -0.39 is 12.1 Å². The van der Waals surface area contributed by atoms with Gasteiger partial charge in [0.25, 0.3) is 0 Å². The van der Waals surface area contributed by atoms with E-state index in [2.05, 4.69) is 34.9 Å². The molecule has 35 heavy (non-hydrogen) atoms. The molecule has 2 unspecified atom stereocenters. The summed E-state index contributed by atoms with van der Waals surface area (Å²) in [6.45, 7) is 1.56. The lowest BCUT2D eigenvalue weighted by Gasteiger charge is -2.31. The van der Waals surface area contributed by atoms with Crippen LogP contribution < -0.4 is 10.6 Å². The fourth-order valence-corrected chi connectivity index (χ4v) is 4.94. The lowest BCUT2D eigenvalue weighted by molar-refractivity contribution is -0.140. The van der Waals surface area contributed by atoms with E-state index in [1.165, 1.54) is 22.3 Å².